The molecule has 1 N–H and O–H groups in total. The lowest BCUT2D eigenvalue weighted by atomic mass is 9.97. The van der Waals surface area contributed by atoms with Crippen molar-refractivity contribution in [2.75, 3.05) is 12.4 Å². The first-order chi connectivity index (χ1) is 16.2. The highest BCUT2D eigenvalue weighted by Crippen LogP contribution is 2.29. The number of aromatic nitrogens is 4. The van der Waals surface area contributed by atoms with Crippen molar-refractivity contribution >= 4 is 17.7 Å². The Bertz CT molecular complexity index is 1020. The molecule has 0 saturated heterocycles. The highest BCUT2D eigenvalue weighted by atomic mass is 32.2. The predicted molar refractivity (Wildman–Crippen MR) is 131 cm³/mol. The lowest BCUT2D eigenvalue weighted by Gasteiger charge is -2.21. The molecule has 3 aromatic rings. The number of rotatable bonds is 8. The van der Waals surface area contributed by atoms with Crippen LogP contribution in [0.2, 0.25) is 0 Å². The standard InChI is InChI=1S/C25H31N5O2S/c1-2-32-22-12-10-21(11-13-22)30-24(19-14-16-26-17-15-19)28-29-25(30)33-18-23(31)27-20-8-6-4-3-5-7-9-20/h10-17,20H,2-9,18H2,1H3,(H,27,31). The fraction of sp³-hybridized carbons (Fsp3) is 0.440. The topological polar surface area (TPSA) is 81.9 Å². The van der Waals surface area contributed by atoms with E-state index in [0.29, 0.717) is 23.3 Å². The maximum absolute atomic E-state index is 12.7. The second kappa shape index (κ2) is 11.8. The minimum absolute atomic E-state index is 0.0530. The summed E-state index contributed by atoms with van der Waals surface area (Å²) in [6.45, 7) is 2.58. The van der Waals surface area contributed by atoms with Crippen LogP contribution < -0.4 is 10.1 Å². The van der Waals surface area contributed by atoms with E-state index in [1.165, 1.54) is 43.9 Å². The summed E-state index contributed by atoms with van der Waals surface area (Å²) in [5, 5.41) is 12.8. The van der Waals surface area contributed by atoms with Gasteiger partial charge in [0.05, 0.1) is 12.4 Å². The van der Waals surface area contributed by atoms with Gasteiger partial charge in [0.25, 0.3) is 0 Å². The molecule has 0 radical (unpaired) electrons. The van der Waals surface area contributed by atoms with Gasteiger partial charge in [-0.25, -0.2) is 0 Å². The molecule has 1 aliphatic carbocycles. The molecular weight excluding hydrogens is 434 g/mol. The van der Waals surface area contributed by atoms with Crippen LogP contribution in [-0.4, -0.2) is 44.1 Å². The Kier molecular flexibility index (Phi) is 8.35. The Morgan fingerprint density at radius 1 is 1.03 bits per heavy atom. The van der Waals surface area contributed by atoms with Gasteiger partial charge in [0.15, 0.2) is 11.0 Å². The van der Waals surface area contributed by atoms with Gasteiger partial charge < -0.3 is 10.1 Å². The maximum atomic E-state index is 12.7. The Hall–Kier alpha value is -2.87. The molecule has 2 heterocycles. The van der Waals surface area contributed by atoms with Gasteiger partial charge in [-0.15, -0.1) is 10.2 Å². The molecule has 7 nitrogen and oxygen atoms in total. The first kappa shape index (κ1) is 23.3. The number of ether oxygens (including phenoxy) is 1. The Morgan fingerprint density at radius 3 is 2.42 bits per heavy atom. The van der Waals surface area contributed by atoms with E-state index in [-0.39, 0.29) is 11.9 Å². The summed E-state index contributed by atoms with van der Waals surface area (Å²) in [5.41, 5.74) is 1.83. The molecular formula is C25H31N5O2S. The van der Waals surface area contributed by atoms with Gasteiger partial charge in [0.1, 0.15) is 5.75 Å². The highest BCUT2D eigenvalue weighted by molar-refractivity contribution is 7.99. The zero-order valence-electron chi connectivity index (χ0n) is 19.1. The van der Waals surface area contributed by atoms with Gasteiger partial charge in [-0.1, -0.05) is 43.9 Å². The van der Waals surface area contributed by atoms with Gasteiger partial charge in [0, 0.05) is 29.7 Å². The van der Waals surface area contributed by atoms with Crippen molar-refractivity contribution < 1.29 is 9.53 Å². The van der Waals surface area contributed by atoms with E-state index in [2.05, 4.69) is 20.5 Å². The van der Waals surface area contributed by atoms with E-state index in [1.54, 1.807) is 12.4 Å². The summed E-state index contributed by atoms with van der Waals surface area (Å²) in [7, 11) is 0. The monoisotopic (exact) mass is 465 g/mol. The summed E-state index contributed by atoms with van der Waals surface area (Å²) in [4.78, 5) is 16.8. The Balaban J connectivity index is 1.51. The number of benzene rings is 1. The Labute approximate surface area is 199 Å². The van der Waals surface area contributed by atoms with Crippen LogP contribution >= 0.6 is 11.8 Å². The minimum Gasteiger partial charge on any atom is -0.494 e. The first-order valence-electron chi connectivity index (χ1n) is 11.8. The Morgan fingerprint density at radius 2 is 1.73 bits per heavy atom. The molecule has 1 amide bonds. The maximum Gasteiger partial charge on any atom is 0.230 e. The van der Waals surface area contributed by atoms with Crippen LogP contribution in [0.4, 0.5) is 0 Å². The summed E-state index contributed by atoms with van der Waals surface area (Å²) in [6.07, 6.45) is 11.9. The van der Waals surface area contributed by atoms with Crippen molar-refractivity contribution in [1.29, 1.82) is 0 Å². The lowest BCUT2D eigenvalue weighted by Crippen LogP contribution is -2.36. The van der Waals surface area contributed by atoms with Gasteiger partial charge in [-0.3, -0.25) is 14.3 Å². The molecule has 1 aromatic carbocycles. The largest absolute Gasteiger partial charge is 0.494 e. The van der Waals surface area contributed by atoms with Crippen LogP contribution in [0.3, 0.4) is 0 Å². The second-order valence-corrected chi connectivity index (χ2v) is 9.15. The number of thioether (sulfide) groups is 1. The molecule has 0 atom stereocenters. The van der Waals surface area contributed by atoms with Gasteiger partial charge in [0.2, 0.25) is 5.91 Å². The second-order valence-electron chi connectivity index (χ2n) is 8.20. The van der Waals surface area contributed by atoms with Crippen molar-refractivity contribution in [3.05, 3.63) is 48.8 Å². The van der Waals surface area contributed by atoms with Crippen LogP contribution in [-0.2, 0) is 4.79 Å². The number of amides is 1. The number of hydrogen-bond acceptors (Lipinski definition) is 6. The molecule has 1 saturated carbocycles. The number of nitrogens with zero attached hydrogens (tertiary/aromatic N) is 4. The number of carbonyl (C=O) groups excluding carboxylic acids is 1. The fourth-order valence-corrected chi connectivity index (χ4v) is 4.91. The molecule has 1 aliphatic rings. The molecule has 0 unspecified atom stereocenters. The number of carbonyl (C=O) groups is 1. The van der Waals surface area contributed by atoms with Crippen LogP contribution in [0.5, 0.6) is 5.75 Å². The molecule has 8 heteroatoms. The molecule has 1 fully saturated rings. The number of hydrogen-bond donors (Lipinski definition) is 1. The van der Waals surface area contributed by atoms with Crippen molar-refractivity contribution in [2.45, 2.75) is 63.1 Å². The zero-order chi connectivity index (χ0) is 22.9. The van der Waals surface area contributed by atoms with Gasteiger partial charge >= 0.3 is 0 Å². The SMILES string of the molecule is CCOc1ccc(-n2c(SCC(=O)NC3CCCCCCC3)nnc2-c2ccncc2)cc1. The summed E-state index contributed by atoms with van der Waals surface area (Å²) >= 11 is 1.41. The fourth-order valence-electron chi connectivity index (χ4n) is 4.14. The molecule has 0 bridgehead atoms. The van der Waals surface area contributed by atoms with Crippen LogP contribution in [0, 0.1) is 0 Å². The summed E-state index contributed by atoms with van der Waals surface area (Å²) < 4.78 is 7.57. The first-order valence-corrected chi connectivity index (χ1v) is 12.7. The molecule has 0 spiro atoms. The third-order valence-electron chi connectivity index (χ3n) is 5.78. The van der Waals surface area contributed by atoms with Crippen molar-refractivity contribution in [1.82, 2.24) is 25.1 Å². The predicted octanol–water partition coefficient (Wildman–Crippen LogP) is 5.05. The lowest BCUT2D eigenvalue weighted by molar-refractivity contribution is -0.119. The smallest absolute Gasteiger partial charge is 0.230 e. The third kappa shape index (κ3) is 6.35. The van der Waals surface area contributed by atoms with Crippen molar-refractivity contribution in [2.24, 2.45) is 0 Å². The minimum atomic E-state index is 0.0530. The zero-order valence-corrected chi connectivity index (χ0v) is 19.9. The van der Waals surface area contributed by atoms with Crippen LogP contribution in [0.25, 0.3) is 17.1 Å². The molecule has 2 aromatic heterocycles. The van der Waals surface area contributed by atoms with Crippen molar-refractivity contribution in [3.8, 4) is 22.8 Å². The molecule has 4 rings (SSSR count). The summed E-state index contributed by atoms with van der Waals surface area (Å²) in [6, 6.07) is 11.9. The van der Waals surface area contributed by atoms with E-state index in [1.807, 2.05) is 47.9 Å². The molecule has 0 aliphatic heterocycles. The van der Waals surface area contributed by atoms with Gasteiger partial charge in [-0.05, 0) is 56.2 Å². The van der Waals surface area contributed by atoms with E-state index in [9.17, 15) is 4.79 Å². The van der Waals surface area contributed by atoms with E-state index >= 15 is 0 Å². The van der Waals surface area contributed by atoms with Gasteiger partial charge in [-0.2, -0.15) is 0 Å². The summed E-state index contributed by atoms with van der Waals surface area (Å²) in [5.74, 6) is 1.89. The number of pyridine rings is 1. The average molecular weight is 466 g/mol. The van der Waals surface area contributed by atoms with Crippen LogP contribution in [0.1, 0.15) is 51.9 Å². The normalized spacial score (nSPS) is 14.9. The molecule has 174 valence electrons. The highest BCUT2D eigenvalue weighted by Gasteiger charge is 2.19. The van der Waals surface area contributed by atoms with E-state index in [4.69, 9.17) is 4.74 Å². The molecule has 33 heavy (non-hydrogen) atoms. The van der Waals surface area contributed by atoms with Crippen molar-refractivity contribution in [3.63, 3.8) is 0 Å². The van der Waals surface area contributed by atoms with E-state index < -0.39 is 0 Å². The van der Waals surface area contributed by atoms with E-state index in [0.717, 1.165) is 29.8 Å². The third-order valence-corrected chi connectivity index (χ3v) is 6.71. The average Bonchev–Trinajstić information content (AvgIpc) is 3.25. The van der Waals surface area contributed by atoms with Crippen LogP contribution in [0.15, 0.2) is 53.9 Å². The number of nitrogens with one attached hydrogen (secondary N) is 1. The quantitative estimate of drug-likeness (QED) is 0.469.